The van der Waals surface area contributed by atoms with Crippen molar-refractivity contribution in [3.8, 4) is 0 Å². The molecular formula is C26H40N4O4. The van der Waals surface area contributed by atoms with Crippen molar-refractivity contribution >= 4 is 17.5 Å². The minimum absolute atomic E-state index is 0.0486. The SMILES string of the molecule is CN(C)CCCN(CC(=O)N(C1CCCCC1)C1CCCCC1)C(=O)c1ccc([N+](=O)[O-])cc1. The lowest BCUT2D eigenvalue weighted by Crippen LogP contribution is -2.53. The van der Waals surface area contributed by atoms with E-state index in [9.17, 15) is 19.7 Å². The molecule has 0 radical (unpaired) electrons. The Morgan fingerprint density at radius 3 is 1.88 bits per heavy atom. The average molecular weight is 473 g/mol. The van der Waals surface area contributed by atoms with Crippen molar-refractivity contribution in [1.29, 1.82) is 0 Å². The van der Waals surface area contributed by atoms with Crippen LogP contribution in [0.1, 0.15) is 81.0 Å². The fraction of sp³-hybridized carbons (Fsp3) is 0.692. The lowest BCUT2D eigenvalue weighted by molar-refractivity contribution is -0.384. The van der Waals surface area contributed by atoms with E-state index in [0.717, 1.165) is 64.3 Å². The number of hydrogen-bond acceptors (Lipinski definition) is 5. The molecule has 0 bridgehead atoms. The van der Waals surface area contributed by atoms with Gasteiger partial charge in [0, 0.05) is 36.3 Å². The quantitative estimate of drug-likeness (QED) is 0.370. The van der Waals surface area contributed by atoms with Gasteiger partial charge < -0.3 is 14.7 Å². The van der Waals surface area contributed by atoms with E-state index in [1.807, 2.05) is 14.1 Å². The molecule has 0 atom stereocenters. The lowest BCUT2D eigenvalue weighted by atomic mass is 9.88. The van der Waals surface area contributed by atoms with Crippen LogP contribution in [-0.2, 0) is 4.79 Å². The van der Waals surface area contributed by atoms with Gasteiger partial charge in [-0.2, -0.15) is 0 Å². The van der Waals surface area contributed by atoms with Crippen LogP contribution in [0.25, 0.3) is 0 Å². The Hall–Kier alpha value is -2.48. The second-order valence-electron chi connectivity index (χ2n) is 10.1. The van der Waals surface area contributed by atoms with Gasteiger partial charge in [-0.25, -0.2) is 0 Å². The van der Waals surface area contributed by atoms with Crippen LogP contribution in [0.2, 0.25) is 0 Å². The third-order valence-corrected chi connectivity index (χ3v) is 7.20. The van der Waals surface area contributed by atoms with Crippen LogP contribution in [0.15, 0.2) is 24.3 Å². The minimum Gasteiger partial charge on any atom is -0.335 e. The topological polar surface area (TPSA) is 87.0 Å². The Morgan fingerprint density at radius 2 is 1.41 bits per heavy atom. The predicted molar refractivity (Wildman–Crippen MR) is 133 cm³/mol. The molecule has 34 heavy (non-hydrogen) atoms. The van der Waals surface area contributed by atoms with Crippen molar-refractivity contribution < 1.29 is 14.5 Å². The molecule has 2 amide bonds. The second kappa shape index (κ2) is 12.8. The number of hydrogen-bond donors (Lipinski definition) is 0. The number of nitro groups is 1. The van der Waals surface area contributed by atoms with E-state index < -0.39 is 4.92 Å². The summed E-state index contributed by atoms with van der Waals surface area (Å²) >= 11 is 0. The van der Waals surface area contributed by atoms with E-state index in [2.05, 4.69) is 9.80 Å². The molecule has 0 spiro atoms. The molecular weight excluding hydrogens is 432 g/mol. The highest BCUT2D eigenvalue weighted by Gasteiger charge is 2.33. The van der Waals surface area contributed by atoms with Gasteiger partial charge in [-0.3, -0.25) is 19.7 Å². The van der Waals surface area contributed by atoms with Crippen molar-refractivity contribution in [2.24, 2.45) is 0 Å². The van der Waals surface area contributed by atoms with E-state index in [-0.39, 0.29) is 36.1 Å². The lowest BCUT2D eigenvalue weighted by Gasteiger charge is -2.42. The van der Waals surface area contributed by atoms with Crippen LogP contribution in [0.5, 0.6) is 0 Å². The molecule has 0 heterocycles. The fourth-order valence-electron chi connectivity index (χ4n) is 5.41. The third-order valence-electron chi connectivity index (χ3n) is 7.20. The summed E-state index contributed by atoms with van der Waals surface area (Å²) in [6.07, 6.45) is 12.1. The molecule has 188 valence electrons. The van der Waals surface area contributed by atoms with Gasteiger partial charge in [-0.05, 0) is 64.9 Å². The molecule has 8 heteroatoms. The first-order valence-electron chi connectivity index (χ1n) is 12.9. The Bertz CT molecular complexity index is 797. The van der Waals surface area contributed by atoms with Crippen LogP contribution in [0.4, 0.5) is 5.69 Å². The third kappa shape index (κ3) is 7.26. The van der Waals surface area contributed by atoms with Gasteiger partial charge >= 0.3 is 0 Å². The van der Waals surface area contributed by atoms with E-state index in [1.54, 1.807) is 4.90 Å². The van der Waals surface area contributed by atoms with Gasteiger partial charge in [0.25, 0.3) is 11.6 Å². The van der Waals surface area contributed by atoms with Gasteiger partial charge in [0.1, 0.15) is 6.54 Å². The number of benzene rings is 1. The number of non-ortho nitro benzene ring substituents is 1. The Kier molecular flexibility index (Phi) is 9.86. The molecule has 0 saturated heterocycles. The van der Waals surface area contributed by atoms with E-state index in [4.69, 9.17) is 0 Å². The average Bonchev–Trinajstić information content (AvgIpc) is 2.84. The number of rotatable bonds is 10. The summed E-state index contributed by atoms with van der Waals surface area (Å²) in [7, 11) is 3.98. The zero-order valence-corrected chi connectivity index (χ0v) is 20.8. The Labute approximate surface area is 203 Å². The van der Waals surface area contributed by atoms with Crippen molar-refractivity contribution in [2.45, 2.75) is 82.7 Å². The van der Waals surface area contributed by atoms with E-state index in [0.29, 0.717) is 12.1 Å². The van der Waals surface area contributed by atoms with Crippen molar-refractivity contribution in [1.82, 2.24) is 14.7 Å². The number of amides is 2. The molecule has 0 aromatic heterocycles. The standard InChI is InChI=1S/C26H40N4O4/c1-27(2)18-9-19-28(26(32)21-14-16-24(17-15-21)30(33)34)20-25(31)29(22-10-5-3-6-11-22)23-12-7-4-8-13-23/h14-17,22-23H,3-13,18-20H2,1-2H3. The maximum atomic E-state index is 13.8. The molecule has 2 saturated carbocycles. The molecule has 0 aliphatic heterocycles. The van der Waals surface area contributed by atoms with Crippen LogP contribution in [0.3, 0.4) is 0 Å². The van der Waals surface area contributed by atoms with Crippen molar-refractivity contribution in [3.63, 3.8) is 0 Å². The van der Waals surface area contributed by atoms with Crippen molar-refractivity contribution in [3.05, 3.63) is 39.9 Å². The normalized spacial score (nSPS) is 17.5. The molecule has 2 aliphatic carbocycles. The first-order chi connectivity index (χ1) is 16.4. The highest BCUT2D eigenvalue weighted by molar-refractivity contribution is 5.96. The molecule has 8 nitrogen and oxygen atoms in total. The zero-order valence-electron chi connectivity index (χ0n) is 20.8. The van der Waals surface area contributed by atoms with Crippen molar-refractivity contribution in [2.75, 3.05) is 33.7 Å². The first-order valence-corrected chi connectivity index (χ1v) is 12.9. The molecule has 1 aromatic carbocycles. The summed E-state index contributed by atoms with van der Waals surface area (Å²) in [6, 6.07) is 6.24. The summed E-state index contributed by atoms with van der Waals surface area (Å²) < 4.78 is 0. The second-order valence-corrected chi connectivity index (χ2v) is 10.1. The van der Waals surface area contributed by atoms with Gasteiger partial charge in [0.2, 0.25) is 5.91 Å². The number of nitrogens with zero attached hydrogens (tertiary/aromatic N) is 4. The monoisotopic (exact) mass is 472 g/mol. The molecule has 0 N–H and O–H groups in total. The zero-order chi connectivity index (χ0) is 24.5. The molecule has 2 fully saturated rings. The van der Waals surface area contributed by atoms with E-state index in [1.165, 1.54) is 37.1 Å². The van der Waals surface area contributed by atoms with Crippen LogP contribution in [0, 0.1) is 10.1 Å². The predicted octanol–water partition coefficient (Wildman–Crippen LogP) is 4.48. The molecule has 2 aliphatic rings. The first kappa shape index (κ1) is 26.1. The summed E-state index contributed by atoms with van der Waals surface area (Å²) in [5.74, 6) is -0.187. The number of carbonyl (C=O) groups excluding carboxylic acids is 2. The summed E-state index contributed by atoms with van der Waals surface area (Å²) in [6.45, 7) is 1.35. The van der Waals surface area contributed by atoms with Gasteiger partial charge in [-0.1, -0.05) is 38.5 Å². The Morgan fingerprint density at radius 1 is 0.882 bits per heavy atom. The molecule has 3 rings (SSSR count). The largest absolute Gasteiger partial charge is 0.335 e. The number of nitro benzene ring substituents is 1. The highest BCUT2D eigenvalue weighted by atomic mass is 16.6. The molecule has 1 aromatic rings. The van der Waals surface area contributed by atoms with Crippen LogP contribution >= 0.6 is 0 Å². The van der Waals surface area contributed by atoms with Gasteiger partial charge in [-0.15, -0.1) is 0 Å². The summed E-state index contributed by atoms with van der Waals surface area (Å²) in [4.78, 5) is 43.5. The smallest absolute Gasteiger partial charge is 0.269 e. The maximum Gasteiger partial charge on any atom is 0.269 e. The summed E-state index contributed by atoms with van der Waals surface area (Å²) in [5.41, 5.74) is 0.331. The number of carbonyl (C=O) groups is 2. The van der Waals surface area contributed by atoms with Gasteiger partial charge in [0.05, 0.1) is 4.92 Å². The fourth-order valence-corrected chi connectivity index (χ4v) is 5.41. The van der Waals surface area contributed by atoms with Crippen LogP contribution in [-0.4, -0.2) is 77.3 Å². The van der Waals surface area contributed by atoms with Gasteiger partial charge in [0.15, 0.2) is 0 Å². The maximum absolute atomic E-state index is 13.8. The summed E-state index contributed by atoms with van der Waals surface area (Å²) in [5, 5.41) is 11.0. The van der Waals surface area contributed by atoms with E-state index >= 15 is 0 Å². The highest BCUT2D eigenvalue weighted by Crippen LogP contribution is 2.30. The molecule has 0 unspecified atom stereocenters. The Balaban J connectivity index is 1.78. The minimum atomic E-state index is -0.473. The van der Waals surface area contributed by atoms with Crippen LogP contribution < -0.4 is 0 Å².